The Morgan fingerprint density at radius 3 is 2.58 bits per heavy atom. The average molecular weight is 353 g/mol. The second-order valence-corrected chi connectivity index (χ2v) is 5.91. The molecule has 1 aromatic carbocycles. The van der Waals surface area contributed by atoms with Gasteiger partial charge < -0.3 is 21.3 Å². The lowest BCUT2D eigenvalue weighted by Gasteiger charge is -2.17. The molecule has 8 heteroatoms. The first-order valence-electron chi connectivity index (χ1n) is 8.55. The zero-order chi connectivity index (χ0) is 18.4. The number of anilines is 4. The molecule has 0 spiro atoms. The van der Waals surface area contributed by atoms with Gasteiger partial charge in [0.05, 0.1) is 11.9 Å². The van der Waals surface area contributed by atoms with Crippen molar-refractivity contribution >= 4 is 35.1 Å². The first-order chi connectivity index (χ1) is 12.7. The molecule has 0 aliphatic carbocycles. The summed E-state index contributed by atoms with van der Waals surface area (Å²) in [5.41, 5.74) is 8.51. The van der Waals surface area contributed by atoms with Crippen molar-refractivity contribution in [3.05, 3.63) is 42.6 Å². The third kappa shape index (κ3) is 3.85. The van der Waals surface area contributed by atoms with Gasteiger partial charge >= 0.3 is 0 Å². The molecule has 1 aliphatic rings. The van der Waals surface area contributed by atoms with Gasteiger partial charge in [-0.15, -0.1) is 0 Å². The number of nitrogens with two attached hydrogens (primary N) is 1. The summed E-state index contributed by atoms with van der Waals surface area (Å²) in [6, 6.07) is 11.2. The molecule has 4 rings (SSSR count). The highest BCUT2D eigenvalue weighted by atomic mass is 16.1. The van der Waals surface area contributed by atoms with Crippen molar-refractivity contribution < 1.29 is 4.79 Å². The van der Waals surface area contributed by atoms with Gasteiger partial charge in [-0.25, -0.2) is 4.98 Å². The summed E-state index contributed by atoms with van der Waals surface area (Å²) in [6.45, 7) is 2.12. The number of carbonyl (C=O) groups is 1. The minimum atomic E-state index is 0.624. The first-order valence-corrected chi connectivity index (χ1v) is 8.55. The number of nitrogens with zero attached hydrogens (tertiary/aromatic N) is 4. The number of para-hydroxylation sites is 1. The lowest BCUT2D eigenvalue weighted by Crippen LogP contribution is -2.20. The normalized spacial score (nSPS) is 13.2. The summed E-state index contributed by atoms with van der Waals surface area (Å²) >= 11 is 0. The molecule has 26 heavy (non-hydrogen) atoms. The SMILES string of the molecule is CNc1cnn2c(N)cc(N3CCCC3)nc12.O=CNc1ccccc1. The van der Waals surface area contributed by atoms with Crippen LogP contribution in [0.5, 0.6) is 0 Å². The first kappa shape index (κ1) is 17.5. The number of rotatable bonds is 4. The third-order valence-corrected chi connectivity index (χ3v) is 4.18. The molecule has 8 nitrogen and oxygen atoms in total. The van der Waals surface area contributed by atoms with Gasteiger partial charge in [-0.05, 0) is 25.0 Å². The van der Waals surface area contributed by atoms with E-state index < -0.39 is 0 Å². The predicted molar refractivity (Wildman–Crippen MR) is 105 cm³/mol. The zero-order valence-corrected chi connectivity index (χ0v) is 14.7. The van der Waals surface area contributed by atoms with Gasteiger partial charge in [0, 0.05) is 31.9 Å². The van der Waals surface area contributed by atoms with Crippen LogP contribution in [0.2, 0.25) is 0 Å². The number of nitrogens with one attached hydrogen (secondary N) is 2. The summed E-state index contributed by atoms with van der Waals surface area (Å²) in [4.78, 5) is 16.8. The summed E-state index contributed by atoms with van der Waals surface area (Å²) in [5.74, 6) is 1.57. The van der Waals surface area contributed by atoms with E-state index in [9.17, 15) is 4.79 Å². The molecule has 1 saturated heterocycles. The third-order valence-electron chi connectivity index (χ3n) is 4.18. The molecule has 2 aromatic heterocycles. The molecule has 136 valence electrons. The average Bonchev–Trinajstić information content (AvgIpc) is 3.33. The second kappa shape index (κ2) is 8.19. The number of carbonyl (C=O) groups excluding carboxylic acids is 1. The second-order valence-electron chi connectivity index (χ2n) is 5.91. The van der Waals surface area contributed by atoms with Gasteiger partial charge in [0.2, 0.25) is 6.41 Å². The van der Waals surface area contributed by atoms with E-state index in [4.69, 9.17) is 5.73 Å². The predicted octanol–water partition coefficient (Wildman–Crippen LogP) is 2.21. The maximum absolute atomic E-state index is 9.86. The van der Waals surface area contributed by atoms with E-state index in [1.54, 1.807) is 10.7 Å². The number of amides is 1. The van der Waals surface area contributed by atoms with E-state index in [1.807, 2.05) is 43.4 Å². The number of fused-ring (bicyclic) bond motifs is 1. The Morgan fingerprint density at radius 1 is 1.19 bits per heavy atom. The summed E-state index contributed by atoms with van der Waals surface area (Å²) in [5, 5.41) is 9.81. The Bertz CT molecular complexity index is 857. The van der Waals surface area contributed by atoms with Crippen molar-refractivity contribution in [3.63, 3.8) is 0 Å². The molecule has 1 fully saturated rings. The minimum Gasteiger partial charge on any atom is -0.384 e. The van der Waals surface area contributed by atoms with Crippen LogP contribution in [0, 0.1) is 0 Å². The van der Waals surface area contributed by atoms with Crippen LogP contribution >= 0.6 is 0 Å². The van der Waals surface area contributed by atoms with Crippen LogP contribution in [0.15, 0.2) is 42.6 Å². The van der Waals surface area contributed by atoms with Crippen molar-refractivity contribution in [2.24, 2.45) is 0 Å². The van der Waals surface area contributed by atoms with Gasteiger partial charge in [-0.2, -0.15) is 9.61 Å². The van der Waals surface area contributed by atoms with E-state index >= 15 is 0 Å². The Labute approximate surface area is 152 Å². The molecule has 0 bridgehead atoms. The fourth-order valence-corrected chi connectivity index (χ4v) is 2.86. The van der Waals surface area contributed by atoms with Crippen LogP contribution in [0.4, 0.5) is 23.0 Å². The summed E-state index contributed by atoms with van der Waals surface area (Å²) in [7, 11) is 1.86. The van der Waals surface area contributed by atoms with Crippen LogP contribution in [0.1, 0.15) is 12.8 Å². The van der Waals surface area contributed by atoms with Gasteiger partial charge in [0.15, 0.2) is 5.65 Å². The van der Waals surface area contributed by atoms with E-state index in [1.165, 1.54) is 12.8 Å². The smallest absolute Gasteiger partial charge is 0.211 e. The Morgan fingerprint density at radius 2 is 1.92 bits per heavy atom. The quantitative estimate of drug-likeness (QED) is 0.622. The van der Waals surface area contributed by atoms with E-state index in [2.05, 4.69) is 25.6 Å². The number of hydrogen-bond donors (Lipinski definition) is 3. The monoisotopic (exact) mass is 353 g/mol. The highest BCUT2D eigenvalue weighted by Gasteiger charge is 2.16. The van der Waals surface area contributed by atoms with Crippen LogP contribution < -0.4 is 21.3 Å². The zero-order valence-electron chi connectivity index (χ0n) is 14.7. The minimum absolute atomic E-state index is 0.624. The number of nitrogen functional groups attached to an aromatic ring is 1. The Hall–Kier alpha value is -3.29. The molecule has 0 unspecified atom stereocenters. The van der Waals surface area contributed by atoms with Crippen LogP contribution in [0.3, 0.4) is 0 Å². The Kier molecular flexibility index (Phi) is 5.52. The van der Waals surface area contributed by atoms with Crippen molar-refractivity contribution in [3.8, 4) is 0 Å². The van der Waals surface area contributed by atoms with E-state index in [0.29, 0.717) is 12.2 Å². The van der Waals surface area contributed by atoms with Crippen molar-refractivity contribution in [1.29, 1.82) is 0 Å². The molecule has 3 heterocycles. The van der Waals surface area contributed by atoms with Gasteiger partial charge in [-0.3, -0.25) is 4.79 Å². The maximum Gasteiger partial charge on any atom is 0.211 e. The topological polar surface area (TPSA) is 101 Å². The van der Waals surface area contributed by atoms with Crippen LogP contribution in [-0.4, -0.2) is 41.1 Å². The highest BCUT2D eigenvalue weighted by molar-refractivity contribution is 5.71. The van der Waals surface area contributed by atoms with Crippen molar-refractivity contribution in [1.82, 2.24) is 14.6 Å². The van der Waals surface area contributed by atoms with Crippen molar-refractivity contribution in [2.75, 3.05) is 41.4 Å². The summed E-state index contributed by atoms with van der Waals surface area (Å²) < 4.78 is 1.66. The lowest BCUT2D eigenvalue weighted by molar-refractivity contribution is -0.105. The maximum atomic E-state index is 9.86. The molecular weight excluding hydrogens is 330 g/mol. The molecule has 3 aromatic rings. The number of aromatic nitrogens is 3. The molecular formula is C18H23N7O. The lowest BCUT2D eigenvalue weighted by atomic mass is 10.3. The Balaban J connectivity index is 0.000000185. The molecule has 0 radical (unpaired) electrons. The van der Waals surface area contributed by atoms with Crippen LogP contribution in [0.25, 0.3) is 5.65 Å². The number of hydrogen-bond acceptors (Lipinski definition) is 6. The van der Waals surface area contributed by atoms with Gasteiger partial charge in [-0.1, -0.05) is 18.2 Å². The molecule has 4 N–H and O–H groups in total. The van der Waals surface area contributed by atoms with Gasteiger partial charge in [0.25, 0.3) is 0 Å². The van der Waals surface area contributed by atoms with Crippen LogP contribution in [-0.2, 0) is 4.79 Å². The molecule has 1 amide bonds. The van der Waals surface area contributed by atoms with Crippen molar-refractivity contribution in [2.45, 2.75) is 12.8 Å². The molecule has 1 aliphatic heterocycles. The summed E-state index contributed by atoms with van der Waals surface area (Å²) in [6.07, 6.45) is 4.86. The fraction of sp³-hybridized carbons (Fsp3) is 0.278. The van der Waals surface area contributed by atoms with E-state index in [-0.39, 0.29) is 0 Å². The molecule has 0 saturated carbocycles. The van der Waals surface area contributed by atoms with Gasteiger partial charge in [0.1, 0.15) is 11.6 Å². The highest BCUT2D eigenvalue weighted by Crippen LogP contribution is 2.24. The fourth-order valence-electron chi connectivity index (χ4n) is 2.86. The largest absolute Gasteiger partial charge is 0.384 e. The van der Waals surface area contributed by atoms with E-state index in [0.717, 1.165) is 35.9 Å². The number of benzene rings is 1. The standard InChI is InChI=1S/C11H16N6.C7H7NO/c1-13-8-7-14-17-9(12)6-10(15-11(8)17)16-4-2-3-5-16;9-6-8-7-4-2-1-3-5-7/h6-7,13H,2-5,12H2,1H3;1-6H,(H,8,9). The molecule has 0 atom stereocenters.